The number of ether oxygens (including phenoxy) is 1. The zero-order chi connectivity index (χ0) is 16.5. The van der Waals surface area contributed by atoms with Crippen LogP contribution in [0.25, 0.3) is 0 Å². The zero-order valence-electron chi connectivity index (χ0n) is 13.2. The summed E-state index contributed by atoms with van der Waals surface area (Å²) >= 11 is 0. The van der Waals surface area contributed by atoms with Crippen molar-refractivity contribution in [2.75, 3.05) is 6.61 Å². The molecule has 0 fully saturated rings. The normalized spacial score (nSPS) is 11.5. The third-order valence-electron chi connectivity index (χ3n) is 3.47. The maximum absolute atomic E-state index is 12.3. The minimum Gasteiger partial charge on any atom is -0.466 e. The topological polar surface area (TPSA) is 55.4 Å². The molecule has 0 bridgehead atoms. The van der Waals surface area contributed by atoms with E-state index in [2.05, 4.69) is 5.32 Å². The number of carbonyl (C=O) groups is 2. The lowest BCUT2D eigenvalue weighted by Gasteiger charge is -2.19. The van der Waals surface area contributed by atoms with Crippen LogP contribution < -0.4 is 5.32 Å². The van der Waals surface area contributed by atoms with Crippen molar-refractivity contribution in [3.8, 4) is 0 Å². The van der Waals surface area contributed by atoms with E-state index < -0.39 is 0 Å². The molecule has 0 aromatic heterocycles. The molecule has 1 N–H and O–H groups in total. The lowest BCUT2D eigenvalue weighted by molar-refractivity contribution is -0.141. The summed E-state index contributed by atoms with van der Waals surface area (Å²) in [4.78, 5) is 23.2. The van der Waals surface area contributed by atoms with Crippen molar-refractivity contribution in [2.45, 2.75) is 25.8 Å². The predicted molar refractivity (Wildman–Crippen MR) is 89.1 cm³/mol. The number of hydrogen-bond donors (Lipinski definition) is 1. The fourth-order valence-electron chi connectivity index (χ4n) is 2.33. The van der Waals surface area contributed by atoms with Crippen molar-refractivity contribution in [3.05, 3.63) is 71.8 Å². The summed E-state index contributed by atoms with van der Waals surface area (Å²) in [5.41, 5.74) is 1.76. The van der Waals surface area contributed by atoms with E-state index in [1.807, 2.05) is 48.5 Å². The SMILES string of the molecule is CC(=O)OCCC(Cc1ccccc1)NC(=O)c1ccccc1. The van der Waals surface area contributed by atoms with E-state index in [4.69, 9.17) is 4.74 Å². The van der Waals surface area contributed by atoms with Crippen molar-refractivity contribution in [2.24, 2.45) is 0 Å². The van der Waals surface area contributed by atoms with E-state index in [0.717, 1.165) is 5.56 Å². The average Bonchev–Trinajstić information content (AvgIpc) is 2.56. The summed E-state index contributed by atoms with van der Waals surface area (Å²) in [7, 11) is 0. The number of amides is 1. The van der Waals surface area contributed by atoms with Gasteiger partial charge in [0.05, 0.1) is 6.61 Å². The highest BCUT2D eigenvalue weighted by Gasteiger charge is 2.15. The van der Waals surface area contributed by atoms with E-state index in [1.165, 1.54) is 6.92 Å². The maximum atomic E-state index is 12.3. The Morgan fingerprint density at radius 3 is 2.22 bits per heavy atom. The van der Waals surface area contributed by atoms with Crippen molar-refractivity contribution >= 4 is 11.9 Å². The molecule has 23 heavy (non-hydrogen) atoms. The van der Waals surface area contributed by atoms with Gasteiger partial charge in [0.25, 0.3) is 5.91 Å². The Bertz CT molecular complexity index is 626. The van der Waals surface area contributed by atoms with Gasteiger partial charge < -0.3 is 10.1 Å². The third kappa shape index (κ3) is 5.94. The van der Waals surface area contributed by atoms with Gasteiger partial charge in [-0.3, -0.25) is 9.59 Å². The van der Waals surface area contributed by atoms with Gasteiger partial charge in [-0.2, -0.15) is 0 Å². The minimum absolute atomic E-state index is 0.0931. The highest BCUT2D eigenvalue weighted by Crippen LogP contribution is 2.08. The van der Waals surface area contributed by atoms with Crippen LogP contribution in [0.1, 0.15) is 29.3 Å². The van der Waals surface area contributed by atoms with Gasteiger partial charge in [0, 0.05) is 24.9 Å². The van der Waals surface area contributed by atoms with Crippen LogP contribution in [0, 0.1) is 0 Å². The van der Waals surface area contributed by atoms with E-state index in [1.54, 1.807) is 12.1 Å². The predicted octanol–water partition coefficient (Wildman–Crippen LogP) is 2.98. The molecule has 0 spiro atoms. The molecule has 2 aromatic carbocycles. The molecule has 0 radical (unpaired) electrons. The first kappa shape index (κ1) is 16.7. The van der Waals surface area contributed by atoms with E-state index in [0.29, 0.717) is 25.0 Å². The summed E-state index contributed by atoms with van der Waals surface area (Å²) in [5, 5.41) is 3.03. The first-order valence-corrected chi connectivity index (χ1v) is 7.68. The summed E-state index contributed by atoms with van der Waals surface area (Å²) in [6, 6.07) is 18.9. The van der Waals surface area contributed by atoms with Crippen LogP contribution in [0.5, 0.6) is 0 Å². The van der Waals surface area contributed by atoms with Gasteiger partial charge in [-0.1, -0.05) is 48.5 Å². The third-order valence-corrected chi connectivity index (χ3v) is 3.47. The molecule has 4 heteroatoms. The average molecular weight is 311 g/mol. The van der Waals surface area contributed by atoms with Crippen LogP contribution in [-0.2, 0) is 16.0 Å². The number of nitrogens with one attached hydrogen (secondary N) is 1. The van der Waals surface area contributed by atoms with Crippen LogP contribution in [-0.4, -0.2) is 24.5 Å². The fraction of sp³-hybridized carbons (Fsp3) is 0.263. The molecular weight excluding hydrogens is 290 g/mol. The van der Waals surface area contributed by atoms with Crippen molar-refractivity contribution in [3.63, 3.8) is 0 Å². The van der Waals surface area contributed by atoms with Gasteiger partial charge in [0.1, 0.15) is 0 Å². The van der Waals surface area contributed by atoms with Crippen LogP contribution in [0.2, 0.25) is 0 Å². The van der Waals surface area contributed by atoms with Crippen molar-refractivity contribution < 1.29 is 14.3 Å². The van der Waals surface area contributed by atoms with E-state index in [-0.39, 0.29) is 17.9 Å². The zero-order valence-corrected chi connectivity index (χ0v) is 13.2. The molecule has 120 valence electrons. The van der Waals surface area contributed by atoms with Gasteiger partial charge in [0.15, 0.2) is 0 Å². The van der Waals surface area contributed by atoms with Crippen LogP contribution in [0.3, 0.4) is 0 Å². The second kappa shape index (κ2) is 8.73. The quantitative estimate of drug-likeness (QED) is 0.800. The summed E-state index contributed by atoms with van der Waals surface area (Å²) in [6.45, 7) is 1.68. The van der Waals surface area contributed by atoms with Gasteiger partial charge >= 0.3 is 5.97 Å². The number of benzene rings is 2. The first-order valence-electron chi connectivity index (χ1n) is 7.68. The molecule has 4 nitrogen and oxygen atoms in total. The molecule has 1 atom stereocenters. The second-order valence-electron chi connectivity index (χ2n) is 5.35. The number of carbonyl (C=O) groups excluding carboxylic acids is 2. The summed E-state index contributed by atoms with van der Waals surface area (Å²) in [5.74, 6) is -0.424. The molecule has 2 aromatic rings. The Morgan fingerprint density at radius 2 is 1.61 bits per heavy atom. The smallest absolute Gasteiger partial charge is 0.302 e. The van der Waals surface area contributed by atoms with Gasteiger partial charge in [-0.25, -0.2) is 0 Å². The molecule has 1 unspecified atom stereocenters. The monoisotopic (exact) mass is 311 g/mol. The van der Waals surface area contributed by atoms with Gasteiger partial charge in [0.2, 0.25) is 0 Å². The number of rotatable bonds is 7. The lowest BCUT2D eigenvalue weighted by Crippen LogP contribution is -2.37. The van der Waals surface area contributed by atoms with Gasteiger partial charge in [-0.15, -0.1) is 0 Å². The van der Waals surface area contributed by atoms with Crippen LogP contribution in [0.4, 0.5) is 0 Å². The molecule has 0 aliphatic heterocycles. The fourth-order valence-corrected chi connectivity index (χ4v) is 2.33. The summed E-state index contributed by atoms with van der Waals surface area (Å²) < 4.78 is 5.01. The van der Waals surface area contributed by atoms with Crippen molar-refractivity contribution in [1.82, 2.24) is 5.32 Å². The Labute approximate surface area is 136 Å². The Balaban J connectivity index is 2.00. The number of esters is 1. The largest absolute Gasteiger partial charge is 0.466 e. The number of hydrogen-bond acceptors (Lipinski definition) is 3. The second-order valence-corrected chi connectivity index (χ2v) is 5.35. The van der Waals surface area contributed by atoms with Crippen LogP contribution >= 0.6 is 0 Å². The molecule has 2 rings (SSSR count). The Hall–Kier alpha value is -2.62. The molecule has 1 amide bonds. The first-order chi connectivity index (χ1) is 11.1. The standard InChI is InChI=1S/C19H21NO3/c1-15(21)23-13-12-18(14-16-8-4-2-5-9-16)20-19(22)17-10-6-3-7-11-17/h2-11,18H,12-14H2,1H3,(H,20,22). The molecule has 0 aliphatic carbocycles. The molecule has 0 saturated heterocycles. The van der Waals surface area contributed by atoms with E-state index >= 15 is 0 Å². The molecule has 0 aliphatic rings. The highest BCUT2D eigenvalue weighted by molar-refractivity contribution is 5.94. The lowest BCUT2D eigenvalue weighted by atomic mass is 10.0. The summed E-state index contributed by atoms with van der Waals surface area (Å²) in [6.07, 6.45) is 1.27. The molecular formula is C19H21NO3. The van der Waals surface area contributed by atoms with Gasteiger partial charge in [-0.05, 0) is 24.1 Å². The van der Waals surface area contributed by atoms with E-state index in [9.17, 15) is 9.59 Å². The Morgan fingerprint density at radius 1 is 1.00 bits per heavy atom. The van der Waals surface area contributed by atoms with Crippen molar-refractivity contribution in [1.29, 1.82) is 0 Å². The minimum atomic E-state index is -0.308. The Kier molecular flexibility index (Phi) is 6.36. The molecule has 0 heterocycles. The maximum Gasteiger partial charge on any atom is 0.302 e. The van der Waals surface area contributed by atoms with Crippen LogP contribution in [0.15, 0.2) is 60.7 Å². The highest BCUT2D eigenvalue weighted by atomic mass is 16.5. The molecule has 0 saturated carbocycles.